The van der Waals surface area contributed by atoms with Crippen LogP contribution in [0.4, 0.5) is 26.3 Å². The molecule has 9 atom stereocenters. The van der Waals surface area contributed by atoms with E-state index in [0.29, 0.717) is 86.5 Å². The number of aromatic nitrogens is 9. The Bertz CT molecular complexity index is 5250. The lowest BCUT2D eigenvalue weighted by molar-refractivity contribution is -0.131. The maximum Gasteiger partial charge on any atom is 0.248 e. The molecule has 6 aromatic rings. The molecule has 6 bridgehead atoms. The number of carbonyl (C=O) groups excluding carboxylic acids is 3. The van der Waals surface area contributed by atoms with Crippen LogP contribution in [0.5, 0.6) is 0 Å². The number of benzene rings is 3. The summed E-state index contributed by atoms with van der Waals surface area (Å²) in [4.78, 5) is 46.6. The Labute approximate surface area is 694 Å². The lowest BCUT2D eigenvalue weighted by atomic mass is 9.86. The fourth-order valence-corrected chi connectivity index (χ4v) is 17.9. The van der Waals surface area contributed by atoms with Gasteiger partial charge in [0.05, 0.1) is 18.1 Å². The molecule has 0 radical (unpaired) electrons. The molecular formula is C87H123F6N15O3. The molecule has 0 spiro atoms. The zero-order chi connectivity index (χ0) is 104. The number of hydrogen-bond donors (Lipinski definition) is 3. The highest BCUT2D eigenvalue weighted by Gasteiger charge is 2.48. The monoisotopic (exact) mass is 1570 g/mol. The number of amides is 3. The van der Waals surface area contributed by atoms with E-state index >= 15 is 8.78 Å². The van der Waals surface area contributed by atoms with Gasteiger partial charge in [0.25, 0.3) is 0 Å². The first-order chi connectivity index (χ1) is 64.4. The first-order valence-electron chi connectivity index (χ1n) is 53.7. The molecule has 3 aromatic carbocycles. The molecular weight excluding hydrogens is 1420 g/mol. The fourth-order valence-electron chi connectivity index (χ4n) is 17.9. The summed E-state index contributed by atoms with van der Waals surface area (Å²) in [5, 5.41) is 32.7. The van der Waals surface area contributed by atoms with Gasteiger partial charge in [0.1, 0.15) is 34.9 Å². The van der Waals surface area contributed by atoms with Crippen LogP contribution < -0.4 is 16.0 Å². The number of rotatable bonds is 24. The number of halogens is 6. The van der Waals surface area contributed by atoms with E-state index in [9.17, 15) is 37.4 Å². The van der Waals surface area contributed by atoms with Gasteiger partial charge in [0.15, 0.2) is 0 Å². The van der Waals surface area contributed by atoms with E-state index in [0.717, 1.165) is 31.2 Å². The minimum atomic E-state index is -5.15. The Morgan fingerprint density at radius 3 is 0.991 bits per heavy atom. The summed E-state index contributed by atoms with van der Waals surface area (Å²) in [6.45, 7) is 0.666. The lowest BCUT2D eigenvalue weighted by Gasteiger charge is -2.40. The first kappa shape index (κ1) is 52.4. The molecule has 3 saturated carbocycles. The Kier molecular flexibility index (Phi) is 16.9. The smallest absolute Gasteiger partial charge is 0.248 e. The Morgan fingerprint density at radius 2 is 0.694 bits per heavy atom. The fraction of sp³-hybridized carbons (Fsp3) is 0.690. The van der Waals surface area contributed by atoms with Crippen molar-refractivity contribution < 1.29 is 80.5 Å². The molecule has 111 heavy (non-hydrogen) atoms. The second-order valence-electron chi connectivity index (χ2n) is 32.0. The third-order valence-electron chi connectivity index (χ3n) is 23.4. The Hall–Kier alpha value is -7.05. The molecule has 9 heterocycles. The Morgan fingerprint density at radius 1 is 0.405 bits per heavy atom. The molecule has 18 nitrogen and oxygen atoms in total. The molecule has 3 amide bonds. The molecule has 3 N–H and O–H groups in total. The van der Waals surface area contributed by atoms with Gasteiger partial charge in [-0.2, -0.15) is 0 Å². The molecule has 9 fully saturated rings. The van der Waals surface area contributed by atoms with Crippen LogP contribution in [0, 0.1) is 38.3 Å². The van der Waals surface area contributed by atoms with Crippen molar-refractivity contribution in [2.45, 2.75) is 343 Å². The number of fused-ring (bicyclic) bond motifs is 6. The van der Waals surface area contributed by atoms with Gasteiger partial charge in [-0.05, 0) is 172 Å². The van der Waals surface area contributed by atoms with Crippen LogP contribution in [0.25, 0.3) is 0 Å². The van der Waals surface area contributed by atoms with Gasteiger partial charge < -0.3 is 29.7 Å². The number of alkyl halides is 6. The van der Waals surface area contributed by atoms with Crippen LogP contribution in [-0.2, 0) is 14.4 Å². The highest BCUT2D eigenvalue weighted by Crippen LogP contribution is 2.48. The van der Waals surface area contributed by atoms with E-state index in [2.05, 4.69) is 51.4 Å². The van der Waals surface area contributed by atoms with Gasteiger partial charge in [0, 0.05) is 188 Å². The molecule has 3 aliphatic carbocycles. The van der Waals surface area contributed by atoms with Crippen molar-refractivity contribution in [1.29, 1.82) is 0 Å². The zero-order valence-corrected chi connectivity index (χ0v) is 63.6. The zero-order valence-electron chi connectivity index (χ0n) is 92.6. The van der Waals surface area contributed by atoms with E-state index in [4.69, 9.17) is 34.3 Å². The standard InChI is InChI=1S/3C29H41F2N5O/c3*1-19(2)27-34-33-20(3)36(27)25-17-23-9-10-24(18-25)35(23)16-13-26(21-7-5-4-6-8-21)32-28(37)22-11-14-29(30,31)15-12-22/h3*4-8,19,22-26H,9-18H2,1-3H3,(H,32,37)/i3D3,11D2,12D2,14D2,15D2,16D2;3D3,11D2,12D2,14D2,15D2;3D3,16D2. The minimum Gasteiger partial charge on any atom is -0.349 e. The third kappa shape index (κ3) is 19.8. The average molecular weight is 1570 g/mol. The van der Waals surface area contributed by atoms with Crippen molar-refractivity contribution >= 4 is 17.7 Å². The van der Waals surface area contributed by atoms with Gasteiger partial charge in [-0.25, -0.2) is 26.3 Å². The van der Waals surface area contributed by atoms with Crippen LogP contribution in [0.2, 0.25) is 0 Å². The van der Waals surface area contributed by atoms with Crippen LogP contribution in [0.1, 0.15) is 360 Å². The lowest BCUT2D eigenvalue weighted by Crippen LogP contribution is -2.45. The van der Waals surface area contributed by atoms with Gasteiger partial charge in [-0.3, -0.25) is 29.1 Å². The first-order valence-corrected chi connectivity index (χ1v) is 39.2. The van der Waals surface area contributed by atoms with Crippen LogP contribution in [0.15, 0.2) is 91.0 Å². The van der Waals surface area contributed by atoms with Crippen molar-refractivity contribution in [3.8, 4) is 0 Å². The van der Waals surface area contributed by atoms with Crippen molar-refractivity contribution in [3.05, 3.63) is 143 Å². The number of nitrogens with one attached hydrogen (secondary N) is 3. The SMILES string of the molecule is [2H]C([2H])([2H])c1nnc(C(C)C)n1C1CC2CCC(C1)N2C([2H])([2H])CC(NC(=O)C1C([2H])([2H])C([2H])([2H])C(F)(F)C([2H])([2H])C1([2H])[2H])c1ccccc1.[2H]C([2H])([2H])c1nnc(C(C)C)n1C1CC2CCC(C1)N2C([2H])([2H])CC(NC(=O)C1CCC(F)(F)CC1)c1ccccc1.[2H]C([2H])([2H])c1nnc(C(C)C)n1C1CC2CCC(C1)N2CCC(NC(=O)C1C([2H])([2H])C([2H])([2H])C(F)(F)C([2H])([2H])C1([2H])[2H])c1ccccc1. The summed E-state index contributed by atoms with van der Waals surface area (Å²) in [5.41, 5.74) is 1.65. The molecule has 6 aliphatic heterocycles. The molecule has 6 saturated heterocycles. The molecule has 606 valence electrons. The molecule has 3 aromatic heterocycles. The third-order valence-corrected chi connectivity index (χ3v) is 23.4. The molecule has 9 aliphatic rings. The quantitative estimate of drug-likeness (QED) is 0.0487. The largest absolute Gasteiger partial charge is 0.349 e. The van der Waals surface area contributed by atoms with Crippen molar-refractivity contribution in [1.82, 2.24) is 74.9 Å². The second-order valence-corrected chi connectivity index (χ2v) is 32.0. The van der Waals surface area contributed by atoms with Crippen molar-refractivity contribution in [2.75, 3.05) is 19.5 Å². The van der Waals surface area contributed by atoms with E-state index in [1.807, 2.05) is 76.8 Å². The minimum absolute atomic E-state index is 0.00763. The van der Waals surface area contributed by atoms with Crippen LogP contribution in [0.3, 0.4) is 0 Å². The van der Waals surface area contributed by atoms with Crippen molar-refractivity contribution in [2.24, 2.45) is 17.8 Å². The summed E-state index contributed by atoms with van der Waals surface area (Å²) in [5.74, 6) is -21.0. The number of hydrogen-bond acceptors (Lipinski definition) is 12. The normalized spacial score (nSPS) is 35.0. The highest BCUT2D eigenvalue weighted by atomic mass is 19.3. The molecule has 15 rings (SSSR count). The highest BCUT2D eigenvalue weighted by molar-refractivity contribution is 5.80. The summed E-state index contributed by atoms with van der Waals surface area (Å²) in [6, 6.07) is 21.5. The average Bonchev–Trinajstić information content (AvgIpc) is 1.57. The van der Waals surface area contributed by atoms with E-state index in [-0.39, 0.29) is 134 Å². The molecule has 24 heteroatoms. The number of aryl methyl sites for hydroxylation is 3. The second kappa shape index (κ2) is 35.8. The van der Waals surface area contributed by atoms with Crippen LogP contribution >= 0.6 is 0 Å². The number of piperidine rings is 3. The van der Waals surface area contributed by atoms with E-state index in [1.165, 1.54) is 12.1 Å². The van der Waals surface area contributed by atoms with Gasteiger partial charge in [0.2, 0.25) is 35.5 Å². The van der Waals surface area contributed by atoms with Gasteiger partial charge in [-0.1, -0.05) is 133 Å². The Balaban J connectivity index is 0.000000177. The van der Waals surface area contributed by atoms with Gasteiger partial charge >= 0.3 is 0 Å². The van der Waals surface area contributed by atoms with E-state index < -0.39 is 156 Å². The summed E-state index contributed by atoms with van der Waals surface area (Å²) in [7, 11) is 0. The molecule has 9 unspecified atom stereocenters. The maximum atomic E-state index is 15.0. The predicted octanol–water partition coefficient (Wildman–Crippen LogP) is 17.9. The summed E-state index contributed by atoms with van der Waals surface area (Å²) < 4.78 is 331. The number of nitrogens with zero attached hydrogens (tertiary/aromatic N) is 12. The summed E-state index contributed by atoms with van der Waals surface area (Å²) >= 11 is 0. The van der Waals surface area contributed by atoms with E-state index in [1.54, 1.807) is 67.1 Å². The van der Waals surface area contributed by atoms with Gasteiger partial charge in [-0.15, -0.1) is 30.6 Å². The summed E-state index contributed by atoms with van der Waals surface area (Å²) in [6.07, 6.45) is -25.3. The predicted molar refractivity (Wildman–Crippen MR) is 418 cm³/mol. The van der Waals surface area contributed by atoms with Crippen molar-refractivity contribution in [3.63, 3.8) is 0 Å². The maximum absolute atomic E-state index is 15.0. The topological polar surface area (TPSA) is 189 Å². The van der Waals surface area contributed by atoms with Crippen LogP contribution in [-0.4, -0.2) is 150 Å². The number of carbonyl (C=O) groups is 3.